The zero-order valence-corrected chi connectivity index (χ0v) is 15.7. The maximum atomic E-state index is 13.3. The molecule has 6 heteroatoms. The summed E-state index contributed by atoms with van der Waals surface area (Å²) in [6.45, 7) is 3.78. The van der Waals surface area contributed by atoms with E-state index in [2.05, 4.69) is 0 Å². The molecule has 1 aliphatic heterocycles. The average Bonchev–Trinajstić information content (AvgIpc) is 2.85. The third-order valence-corrected chi connectivity index (χ3v) is 5.87. The van der Waals surface area contributed by atoms with Crippen LogP contribution in [0.5, 0.6) is 0 Å². The molecule has 1 aliphatic rings. The van der Waals surface area contributed by atoms with Crippen molar-refractivity contribution >= 4 is 23.5 Å². The Morgan fingerprint density at radius 2 is 1.28 bits per heavy atom. The van der Waals surface area contributed by atoms with E-state index >= 15 is 0 Å². The van der Waals surface area contributed by atoms with E-state index in [0.717, 1.165) is 9.79 Å². The van der Waals surface area contributed by atoms with Crippen LogP contribution < -0.4 is 0 Å². The van der Waals surface area contributed by atoms with Gasteiger partial charge in [-0.3, -0.25) is 0 Å². The molecular weight excluding hydrogens is 362 g/mol. The van der Waals surface area contributed by atoms with E-state index in [1.54, 1.807) is 35.7 Å². The Kier molecular flexibility index (Phi) is 6.04. The van der Waals surface area contributed by atoms with Gasteiger partial charge in [0.15, 0.2) is 5.79 Å². The molecule has 1 heterocycles. The zero-order chi connectivity index (χ0) is 17.9. The molecule has 1 fully saturated rings. The second kappa shape index (κ2) is 8.08. The van der Waals surface area contributed by atoms with E-state index in [4.69, 9.17) is 9.47 Å². The fraction of sp³-hybridized carbons (Fsp3) is 0.368. The lowest BCUT2D eigenvalue weighted by Crippen LogP contribution is -2.27. The predicted molar refractivity (Wildman–Crippen MR) is 98.1 cm³/mol. The number of rotatable bonds is 6. The van der Waals surface area contributed by atoms with Gasteiger partial charge in [-0.1, -0.05) is 12.1 Å². The van der Waals surface area contributed by atoms with Crippen LogP contribution in [0.15, 0.2) is 58.3 Å². The second-order valence-electron chi connectivity index (χ2n) is 6.25. The monoisotopic (exact) mass is 382 g/mol. The number of thioether (sulfide) groups is 2. The normalized spacial score (nSPS) is 22.2. The molecule has 2 aromatic rings. The van der Waals surface area contributed by atoms with Crippen molar-refractivity contribution in [2.75, 3.05) is 11.5 Å². The minimum Gasteiger partial charge on any atom is -0.344 e. The van der Waals surface area contributed by atoms with Gasteiger partial charge in [-0.15, -0.1) is 23.5 Å². The Morgan fingerprint density at radius 3 is 1.68 bits per heavy atom. The Morgan fingerprint density at radius 1 is 0.840 bits per heavy atom. The quantitative estimate of drug-likeness (QED) is 0.625. The van der Waals surface area contributed by atoms with Gasteiger partial charge in [0.1, 0.15) is 11.6 Å². The van der Waals surface area contributed by atoms with Gasteiger partial charge in [0.05, 0.1) is 12.2 Å². The molecule has 2 aromatic carbocycles. The summed E-state index contributed by atoms with van der Waals surface area (Å²) in [5, 5.41) is 0. The lowest BCUT2D eigenvalue weighted by Gasteiger charge is -2.16. The highest BCUT2D eigenvalue weighted by atomic mass is 32.2. The first kappa shape index (κ1) is 18.7. The van der Waals surface area contributed by atoms with Crippen molar-refractivity contribution in [3.8, 4) is 0 Å². The van der Waals surface area contributed by atoms with Crippen LogP contribution in [-0.4, -0.2) is 29.5 Å². The summed E-state index contributed by atoms with van der Waals surface area (Å²) in [7, 11) is 0. The van der Waals surface area contributed by atoms with Crippen molar-refractivity contribution in [2.45, 2.75) is 41.6 Å². The Hall–Kier alpha value is -1.08. The molecule has 2 atom stereocenters. The van der Waals surface area contributed by atoms with Gasteiger partial charge >= 0.3 is 0 Å². The fourth-order valence-electron chi connectivity index (χ4n) is 2.66. The zero-order valence-electron chi connectivity index (χ0n) is 14.1. The molecule has 0 amide bonds. The van der Waals surface area contributed by atoms with E-state index in [-0.39, 0.29) is 23.8 Å². The van der Waals surface area contributed by atoms with Crippen molar-refractivity contribution in [3.63, 3.8) is 0 Å². The third kappa shape index (κ3) is 5.45. The summed E-state index contributed by atoms with van der Waals surface area (Å²) in [4.78, 5) is 1.73. The molecule has 0 N–H and O–H groups in total. The second-order valence-corrected chi connectivity index (χ2v) is 8.44. The number of halogens is 2. The van der Waals surface area contributed by atoms with Crippen molar-refractivity contribution < 1.29 is 18.3 Å². The predicted octanol–water partition coefficient (Wildman–Crippen LogP) is 5.37. The molecule has 25 heavy (non-hydrogen) atoms. The highest BCUT2D eigenvalue weighted by Crippen LogP contribution is 2.35. The molecule has 0 aromatic heterocycles. The van der Waals surface area contributed by atoms with E-state index in [1.165, 1.54) is 24.3 Å². The molecule has 0 aliphatic carbocycles. The molecule has 134 valence electrons. The topological polar surface area (TPSA) is 18.5 Å². The van der Waals surface area contributed by atoms with Crippen LogP contribution in [0.1, 0.15) is 13.8 Å². The maximum Gasteiger partial charge on any atom is 0.163 e. The molecule has 1 saturated heterocycles. The van der Waals surface area contributed by atoms with Crippen LogP contribution in [0.25, 0.3) is 0 Å². The van der Waals surface area contributed by atoms with Crippen LogP contribution in [0.4, 0.5) is 8.78 Å². The molecule has 3 rings (SSSR count). The average molecular weight is 382 g/mol. The smallest absolute Gasteiger partial charge is 0.163 e. The molecule has 0 saturated carbocycles. The largest absolute Gasteiger partial charge is 0.344 e. The summed E-state index contributed by atoms with van der Waals surface area (Å²) < 4.78 is 38.6. The minimum atomic E-state index is -0.652. The van der Waals surface area contributed by atoms with E-state index in [9.17, 15) is 8.78 Å². The van der Waals surface area contributed by atoms with Gasteiger partial charge in [-0.25, -0.2) is 8.78 Å². The van der Waals surface area contributed by atoms with Gasteiger partial charge in [0.25, 0.3) is 0 Å². The highest BCUT2D eigenvalue weighted by Gasteiger charge is 2.41. The van der Waals surface area contributed by atoms with Crippen LogP contribution in [-0.2, 0) is 9.47 Å². The maximum absolute atomic E-state index is 13.3. The summed E-state index contributed by atoms with van der Waals surface area (Å²) in [5.74, 6) is 0.197. The number of hydrogen-bond donors (Lipinski definition) is 0. The lowest BCUT2D eigenvalue weighted by molar-refractivity contribution is -0.142. The molecule has 0 unspecified atom stereocenters. The van der Waals surface area contributed by atoms with Crippen molar-refractivity contribution in [2.24, 2.45) is 0 Å². The van der Waals surface area contributed by atoms with Crippen molar-refractivity contribution in [1.82, 2.24) is 0 Å². The van der Waals surface area contributed by atoms with E-state index < -0.39 is 5.79 Å². The highest BCUT2D eigenvalue weighted by molar-refractivity contribution is 7.99. The van der Waals surface area contributed by atoms with Crippen LogP contribution >= 0.6 is 23.5 Å². The Balaban J connectivity index is 1.60. The molecular formula is C19H20F2O2S2. The fourth-order valence-corrected chi connectivity index (χ4v) is 4.68. The van der Waals surface area contributed by atoms with Crippen LogP contribution in [0.3, 0.4) is 0 Å². The lowest BCUT2D eigenvalue weighted by atomic mass is 10.3. The van der Waals surface area contributed by atoms with Crippen molar-refractivity contribution in [1.29, 1.82) is 0 Å². The van der Waals surface area contributed by atoms with Crippen LogP contribution in [0, 0.1) is 11.6 Å². The standard InChI is InChI=1S/C19H20F2O2S2/c1-19(2)22-17(11-24-15-7-3-5-13(20)9-15)18(23-19)12-25-16-8-4-6-14(21)10-16/h3-10,17-18H,11-12H2,1-2H3/t17-,18-/m0/s1. The first-order valence-electron chi connectivity index (χ1n) is 8.04. The summed E-state index contributed by atoms with van der Waals surface area (Å²) >= 11 is 3.09. The van der Waals surface area contributed by atoms with Gasteiger partial charge in [-0.05, 0) is 50.2 Å². The van der Waals surface area contributed by atoms with E-state index in [1.807, 2.05) is 26.0 Å². The van der Waals surface area contributed by atoms with Gasteiger partial charge in [0.2, 0.25) is 0 Å². The van der Waals surface area contributed by atoms with Gasteiger partial charge in [0, 0.05) is 21.3 Å². The first-order chi connectivity index (χ1) is 11.9. The van der Waals surface area contributed by atoms with Gasteiger partial charge in [-0.2, -0.15) is 0 Å². The summed E-state index contributed by atoms with van der Waals surface area (Å²) in [5.41, 5.74) is 0. The Bertz CT molecular complexity index is 665. The molecule has 2 nitrogen and oxygen atoms in total. The molecule has 0 radical (unpaired) electrons. The summed E-state index contributed by atoms with van der Waals surface area (Å²) in [6.07, 6.45) is -0.214. The summed E-state index contributed by atoms with van der Waals surface area (Å²) in [6, 6.07) is 13.1. The molecule has 0 spiro atoms. The van der Waals surface area contributed by atoms with Crippen LogP contribution in [0.2, 0.25) is 0 Å². The molecule has 0 bridgehead atoms. The van der Waals surface area contributed by atoms with Gasteiger partial charge < -0.3 is 9.47 Å². The Labute approximate surface area is 155 Å². The first-order valence-corrected chi connectivity index (χ1v) is 10.0. The van der Waals surface area contributed by atoms with E-state index in [0.29, 0.717) is 11.5 Å². The SMILES string of the molecule is CC1(C)O[C@@H](CSc2cccc(F)c2)[C@H](CSc2cccc(F)c2)O1. The van der Waals surface area contributed by atoms with Crippen molar-refractivity contribution in [3.05, 3.63) is 60.2 Å². The number of hydrogen-bond acceptors (Lipinski definition) is 4. The third-order valence-electron chi connectivity index (χ3n) is 3.71. The number of ether oxygens (including phenoxy) is 2. The minimum absolute atomic E-state index is 0.107. The number of benzene rings is 2.